The zero-order valence-electron chi connectivity index (χ0n) is 30.3. The lowest BCUT2D eigenvalue weighted by atomic mass is 9.49. The molecule has 0 spiro atoms. The van der Waals surface area contributed by atoms with Gasteiger partial charge in [0.1, 0.15) is 0 Å². The SMILES string of the molecule is COc1cc([C@H]2C3=CC[C@@H]4C(=O)N(CCCCCC(=O)O)C(=O)[C@@H]4[C@@H]3C[C@H]3C(=O)N(Nc4ncc(C(F)(F)F)cc4Cl)C(=O)[C@@]23c2ccc(Cl)cc2)c(Br)c(Br)c1O. The number of fused-ring (bicyclic) bond motifs is 4. The van der Waals surface area contributed by atoms with Crippen LogP contribution in [0.4, 0.5) is 19.0 Å². The maximum atomic E-state index is 15.4. The average molecular weight is 973 g/mol. The van der Waals surface area contributed by atoms with E-state index in [-0.39, 0.29) is 47.7 Å². The van der Waals surface area contributed by atoms with Gasteiger partial charge in [-0.25, -0.2) is 4.98 Å². The number of carboxylic acids is 1. The molecule has 6 atom stereocenters. The van der Waals surface area contributed by atoms with Gasteiger partial charge in [-0.3, -0.25) is 34.3 Å². The number of hydrazine groups is 1. The molecule has 3 aromatic rings. The number of halogens is 7. The summed E-state index contributed by atoms with van der Waals surface area (Å²) in [4.78, 5) is 74.7. The van der Waals surface area contributed by atoms with E-state index in [0.29, 0.717) is 62.7 Å². The number of hydrogen-bond donors (Lipinski definition) is 3. The Labute approximate surface area is 355 Å². The van der Waals surface area contributed by atoms with Crippen molar-refractivity contribution in [2.24, 2.45) is 23.7 Å². The number of benzene rings is 2. The molecule has 12 nitrogen and oxygen atoms in total. The zero-order valence-corrected chi connectivity index (χ0v) is 35.0. The number of aromatic nitrogens is 1. The number of anilines is 1. The lowest BCUT2D eigenvalue weighted by Crippen LogP contribution is -2.53. The highest BCUT2D eigenvalue weighted by molar-refractivity contribution is 9.13. The van der Waals surface area contributed by atoms with Crippen molar-refractivity contribution in [2.75, 3.05) is 19.1 Å². The number of aliphatic carboxylic acids is 1. The minimum atomic E-state index is -4.78. The van der Waals surface area contributed by atoms with E-state index >= 15 is 4.79 Å². The fraction of sp³-hybridized carbons (Fsp3) is 0.385. The molecule has 19 heteroatoms. The van der Waals surface area contributed by atoms with E-state index in [9.17, 15) is 37.5 Å². The minimum absolute atomic E-state index is 0.0120. The number of nitrogens with zero attached hydrogens (tertiary/aromatic N) is 3. The third kappa shape index (κ3) is 6.84. The summed E-state index contributed by atoms with van der Waals surface area (Å²) in [6.45, 7) is 0.0809. The van der Waals surface area contributed by atoms with Crippen molar-refractivity contribution in [1.29, 1.82) is 0 Å². The predicted molar refractivity (Wildman–Crippen MR) is 210 cm³/mol. The Morgan fingerprint density at radius 2 is 1.72 bits per heavy atom. The van der Waals surface area contributed by atoms with Crippen LogP contribution in [0.1, 0.15) is 61.1 Å². The van der Waals surface area contributed by atoms with Gasteiger partial charge in [-0.15, -0.1) is 0 Å². The number of ether oxygens (including phenoxy) is 1. The fourth-order valence-electron chi connectivity index (χ4n) is 9.11. The Morgan fingerprint density at radius 3 is 2.36 bits per heavy atom. The Morgan fingerprint density at radius 1 is 1.02 bits per heavy atom. The van der Waals surface area contributed by atoms with Crippen molar-refractivity contribution in [3.8, 4) is 11.5 Å². The summed E-state index contributed by atoms with van der Waals surface area (Å²) in [5.74, 6) is -8.86. The molecule has 3 fully saturated rings. The second-order valence-electron chi connectivity index (χ2n) is 14.6. The van der Waals surface area contributed by atoms with Crippen LogP contribution in [0.2, 0.25) is 10.0 Å². The molecular formula is C39H33Br2Cl2F3N4O8. The first-order valence-corrected chi connectivity index (χ1v) is 20.4. The molecule has 7 rings (SSSR count). The lowest BCUT2D eigenvalue weighted by Gasteiger charge is -2.51. The molecule has 0 unspecified atom stereocenters. The van der Waals surface area contributed by atoms with Crippen molar-refractivity contribution >= 4 is 90.5 Å². The standard InChI is InChI=1S/C39H33Br2Cl2F3N4O8/c1-58-26-15-23(30(40)31(41)32(26)53)29-20-10-11-21-28(36(56)49(34(21)54)12-4-2-3-5-27(51)52)22(20)14-24-35(55)50(37(57)38(24,29)17-6-8-19(42)9-7-17)48-33-25(43)13-18(16-47-33)39(44,45)46/h6-10,13,15-16,21-22,24,28-29,53H,2-5,11-12,14H2,1H3,(H,47,48)(H,51,52)/t21-,22+,24-,28-,29+,38+/m0/s1. The molecule has 2 aliphatic heterocycles. The van der Waals surface area contributed by atoms with Gasteiger partial charge in [0.05, 0.1) is 45.3 Å². The van der Waals surface area contributed by atoms with Crippen LogP contribution in [-0.4, -0.2) is 68.4 Å². The van der Waals surface area contributed by atoms with Crippen molar-refractivity contribution in [3.63, 3.8) is 0 Å². The normalized spacial score (nSPS) is 25.4. The maximum Gasteiger partial charge on any atom is 0.417 e. The second-order valence-corrected chi connectivity index (χ2v) is 17.0. The number of phenols is 1. The number of amides is 4. The molecule has 4 amide bonds. The Balaban J connectivity index is 1.40. The van der Waals surface area contributed by atoms with E-state index in [2.05, 4.69) is 42.3 Å². The minimum Gasteiger partial charge on any atom is -0.503 e. The lowest BCUT2D eigenvalue weighted by molar-refractivity contribution is -0.141. The molecule has 4 aliphatic rings. The van der Waals surface area contributed by atoms with Gasteiger partial charge in [-0.05, 0) is 98.9 Å². The quantitative estimate of drug-likeness (QED) is 0.0968. The summed E-state index contributed by atoms with van der Waals surface area (Å²) in [6, 6.07) is 8.44. The number of imide groups is 2. The van der Waals surface area contributed by atoms with Crippen LogP contribution >= 0.6 is 55.1 Å². The molecule has 306 valence electrons. The number of hydrogen-bond acceptors (Lipinski definition) is 9. The smallest absolute Gasteiger partial charge is 0.417 e. The van der Waals surface area contributed by atoms with E-state index in [4.69, 9.17) is 33.0 Å². The van der Waals surface area contributed by atoms with Gasteiger partial charge in [0, 0.05) is 34.6 Å². The molecule has 0 bridgehead atoms. The van der Waals surface area contributed by atoms with E-state index in [1.807, 2.05) is 6.08 Å². The van der Waals surface area contributed by atoms with Crippen LogP contribution in [0, 0.1) is 23.7 Å². The predicted octanol–water partition coefficient (Wildman–Crippen LogP) is 8.28. The van der Waals surface area contributed by atoms with E-state index in [1.165, 1.54) is 18.1 Å². The van der Waals surface area contributed by atoms with Crippen molar-refractivity contribution < 1.29 is 52.1 Å². The second kappa shape index (κ2) is 15.8. The number of aromatic hydroxyl groups is 1. The number of nitrogens with one attached hydrogen (secondary N) is 1. The molecule has 1 aromatic heterocycles. The van der Waals surface area contributed by atoms with Crippen LogP contribution in [0.3, 0.4) is 0 Å². The molecular weight excluding hydrogens is 940 g/mol. The maximum absolute atomic E-state index is 15.4. The molecule has 2 aromatic carbocycles. The zero-order chi connectivity index (χ0) is 42.0. The van der Waals surface area contributed by atoms with Crippen molar-refractivity contribution in [1.82, 2.24) is 14.9 Å². The first kappa shape index (κ1) is 42.0. The number of rotatable bonds is 11. The number of allylic oxidation sites excluding steroid dienone is 2. The monoisotopic (exact) mass is 970 g/mol. The number of likely N-dealkylation sites (tertiary alicyclic amines) is 1. The molecule has 2 saturated heterocycles. The van der Waals surface area contributed by atoms with E-state index < -0.39 is 81.3 Å². The van der Waals surface area contributed by atoms with Crippen molar-refractivity contribution in [3.05, 3.63) is 89.9 Å². The van der Waals surface area contributed by atoms with Gasteiger partial charge in [-0.2, -0.15) is 18.2 Å². The van der Waals surface area contributed by atoms with Crippen LogP contribution < -0.4 is 10.2 Å². The Bertz CT molecular complexity index is 2280. The van der Waals surface area contributed by atoms with Crippen LogP contribution in [0.5, 0.6) is 11.5 Å². The Hall–Kier alpha value is -4.19. The molecule has 58 heavy (non-hydrogen) atoms. The summed E-state index contributed by atoms with van der Waals surface area (Å²) in [5.41, 5.74) is 0.902. The van der Waals surface area contributed by atoms with Gasteiger partial charge >= 0.3 is 12.1 Å². The third-order valence-electron chi connectivity index (χ3n) is 11.6. The molecule has 3 heterocycles. The van der Waals surface area contributed by atoms with E-state index in [1.54, 1.807) is 24.3 Å². The Kier molecular flexibility index (Phi) is 11.4. The number of pyridine rings is 1. The number of phenolic OH excluding ortho intramolecular Hbond substituents is 1. The van der Waals surface area contributed by atoms with Crippen LogP contribution in [-0.2, 0) is 35.6 Å². The molecule has 3 N–H and O–H groups in total. The summed E-state index contributed by atoms with van der Waals surface area (Å²) in [6.07, 6.45) is -1.22. The average Bonchev–Trinajstić information content (AvgIpc) is 3.54. The summed E-state index contributed by atoms with van der Waals surface area (Å²) >= 11 is 19.6. The van der Waals surface area contributed by atoms with Gasteiger partial charge in [-0.1, -0.05) is 53.4 Å². The number of methoxy groups -OCH3 is 1. The van der Waals surface area contributed by atoms with Crippen molar-refractivity contribution in [2.45, 2.75) is 56.0 Å². The summed E-state index contributed by atoms with van der Waals surface area (Å²) in [5, 5.41) is 20.5. The van der Waals surface area contributed by atoms with Gasteiger partial charge in [0.25, 0.3) is 11.8 Å². The highest BCUT2D eigenvalue weighted by atomic mass is 79.9. The highest BCUT2D eigenvalue weighted by Gasteiger charge is 2.70. The molecule has 1 saturated carbocycles. The highest BCUT2D eigenvalue weighted by Crippen LogP contribution is 2.65. The number of alkyl halides is 3. The number of unbranched alkanes of at least 4 members (excludes halogenated alkanes) is 2. The molecule has 0 radical (unpaired) electrons. The number of carbonyl (C=O) groups is 5. The first-order chi connectivity index (χ1) is 27.4. The fourth-order valence-corrected chi connectivity index (χ4v) is 10.4. The van der Waals surface area contributed by atoms with Crippen LogP contribution in [0.15, 0.2) is 63.2 Å². The molecule has 2 aliphatic carbocycles. The van der Waals surface area contributed by atoms with E-state index in [0.717, 1.165) is 0 Å². The van der Waals surface area contributed by atoms with Gasteiger partial charge in [0.2, 0.25) is 11.8 Å². The number of carbonyl (C=O) groups excluding carboxylic acids is 4. The largest absolute Gasteiger partial charge is 0.503 e. The third-order valence-corrected chi connectivity index (χ3v) is 14.3. The van der Waals surface area contributed by atoms with Gasteiger partial charge in [0.15, 0.2) is 17.3 Å². The van der Waals surface area contributed by atoms with Crippen LogP contribution in [0.25, 0.3) is 0 Å². The summed E-state index contributed by atoms with van der Waals surface area (Å²) < 4.78 is 46.6. The topological polar surface area (TPSA) is 166 Å². The van der Waals surface area contributed by atoms with Gasteiger partial charge < -0.3 is 14.9 Å². The number of carboxylic acid groups (broad SMARTS) is 1. The first-order valence-electron chi connectivity index (χ1n) is 18.1. The summed E-state index contributed by atoms with van der Waals surface area (Å²) in [7, 11) is 1.33.